The van der Waals surface area contributed by atoms with Gasteiger partial charge in [-0.05, 0) is 0 Å². The molecule has 0 saturated carbocycles. The van der Waals surface area contributed by atoms with E-state index in [9.17, 15) is 46.0 Å². The molecule has 12 heteroatoms. The van der Waals surface area contributed by atoms with Crippen LogP contribution in [0.5, 0.6) is 0 Å². The summed E-state index contributed by atoms with van der Waals surface area (Å²) in [5.41, 5.74) is -1.35. The van der Waals surface area contributed by atoms with Crippen LogP contribution in [0.25, 0.3) is 0 Å². The largest absolute Gasteiger partial charge is 0.395 e. The van der Waals surface area contributed by atoms with Crippen molar-refractivity contribution in [2.45, 2.75) is 57.7 Å². The van der Waals surface area contributed by atoms with Gasteiger partial charge in [0.25, 0.3) is 0 Å². The van der Waals surface area contributed by atoms with E-state index in [1.54, 1.807) is 0 Å². The Bertz CT molecular complexity index is 427. The summed E-state index contributed by atoms with van der Waals surface area (Å²) in [6, 6.07) is 0. The number of thioether (sulfide) groups is 2. The minimum atomic E-state index is -2.49. The van der Waals surface area contributed by atoms with E-state index in [1.807, 2.05) is 0 Å². The second kappa shape index (κ2) is 7.90. The number of rotatable bonds is 4. The molecular weight excluding hydrogens is 368 g/mol. The Morgan fingerprint density at radius 1 is 0.750 bits per heavy atom. The predicted molar refractivity (Wildman–Crippen MR) is 82.8 cm³/mol. The molecule has 0 aliphatic carbocycles. The zero-order valence-corrected chi connectivity index (χ0v) is 14.0. The van der Waals surface area contributed by atoms with Crippen LogP contribution in [0.3, 0.4) is 0 Å². The van der Waals surface area contributed by atoms with E-state index < -0.39 is 70.9 Å². The molecule has 2 fully saturated rings. The highest BCUT2D eigenvalue weighted by molar-refractivity contribution is 8.01. The van der Waals surface area contributed by atoms with Crippen LogP contribution < -0.4 is 0 Å². The number of aliphatic hydroxyl groups is 9. The van der Waals surface area contributed by atoms with Gasteiger partial charge in [0, 0.05) is 0 Å². The van der Waals surface area contributed by atoms with E-state index in [4.69, 9.17) is 4.74 Å². The summed E-state index contributed by atoms with van der Waals surface area (Å²) < 4.78 is 5.26. The maximum Gasteiger partial charge on any atom is 0.247 e. The minimum Gasteiger partial charge on any atom is -0.395 e. The zero-order valence-electron chi connectivity index (χ0n) is 12.4. The van der Waals surface area contributed by atoms with E-state index in [0.29, 0.717) is 11.8 Å². The van der Waals surface area contributed by atoms with E-state index in [1.165, 1.54) is 0 Å². The highest BCUT2D eigenvalue weighted by atomic mass is 32.2. The van der Waals surface area contributed by atoms with E-state index in [0.717, 1.165) is 11.8 Å². The first-order chi connectivity index (χ1) is 11.2. The summed E-state index contributed by atoms with van der Waals surface area (Å²) >= 11 is 1.19. The van der Waals surface area contributed by atoms with Crippen LogP contribution in [0.15, 0.2) is 0 Å². The Hall–Kier alpha value is 0.300. The molecule has 2 aliphatic rings. The molecule has 2 rings (SSSR count). The first-order valence-electron chi connectivity index (χ1n) is 7.19. The van der Waals surface area contributed by atoms with Crippen LogP contribution in [-0.4, -0.2) is 117 Å². The van der Waals surface area contributed by atoms with Crippen molar-refractivity contribution in [3.8, 4) is 0 Å². The molecule has 0 bridgehead atoms. The molecule has 2 saturated heterocycles. The standard InChI is InChI=1S/C12H22O10S2/c13-1-3-5(15)7(17)9(19)11(23-3)22-12(21)10(20)8(18)6(16)4(2-14)24-12/h3-11,13-21H,1-2H2/t3-,4-,5+,6-,7-,8-,9+,10+,11-,12+/m0/s1. The van der Waals surface area contributed by atoms with Crippen LogP contribution in [0.4, 0.5) is 0 Å². The lowest BCUT2D eigenvalue weighted by atomic mass is 10.0. The summed E-state index contributed by atoms with van der Waals surface area (Å²) in [6.07, 6.45) is -10.0. The second-order valence-electron chi connectivity index (χ2n) is 5.71. The quantitative estimate of drug-likeness (QED) is 0.209. The zero-order chi connectivity index (χ0) is 18.2. The van der Waals surface area contributed by atoms with Gasteiger partial charge in [-0.25, -0.2) is 0 Å². The van der Waals surface area contributed by atoms with Gasteiger partial charge < -0.3 is 50.7 Å². The van der Waals surface area contributed by atoms with Gasteiger partial charge in [0.2, 0.25) is 5.12 Å². The molecule has 10 atom stereocenters. The molecule has 0 amide bonds. The lowest BCUT2D eigenvalue weighted by Gasteiger charge is -2.47. The second-order valence-corrected chi connectivity index (χ2v) is 8.48. The van der Waals surface area contributed by atoms with E-state index >= 15 is 0 Å². The van der Waals surface area contributed by atoms with Gasteiger partial charge in [0.1, 0.15) is 29.9 Å². The van der Waals surface area contributed by atoms with Crippen molar-refractivity contribution in [3.63, 3.8) is 0 Å². The monoisotopic (exact) mass is 390 g/mol. The fraction of sp³-hybridized carbons (Fsp3) is 1.00. The molecule has 0 aromatic heterocycles. The molecule has 10 nitrogen and oxygen atoms in total. The van der Waals surface area contributed by atoms with Crippen molar-refractivity contribution in [3.05, 3.63) is 0 Å². The molecule has 2 heterocycles. The van der Waals surface area contributed by atoms with Gasteiger partial charge in [-0.1, -0.05) is 11.8 Å². The molecule has 0 aromatic carbocycles. The molecule has 9 N–H and O–H groups in total. The van der Waals surface area contributed by atoms with E-state index in [-0.39, 0.29) is 0 Å². The lowest BCUT2D eigenvalue weighted by Crippen LogP contribution is -2.64. The van der Waals surface area contributed by atoms with E-state index in [2.05, 4.69) is 0 Å². The molecular formula is C12H22O10S2. The molecule has 0 aromatic rings. The topological polar surface area (TPSA) is 191 Å². The van der Waals surface area contributed by atoms with Crippen LogP contribution in [-0.2, 0) is 4.74 Å². The molecule has 0 spiro atoms. The summed E-state index contributed by atoms with van der Waals surface area (Å²) in [7, 11) is 0. The maximum atomic E-state index is 10.5. The van der Waals surface area contributed by atoms with Crippen LogP contribution in [0.1, 0.15) is 0 Å². The molecule has 2 aliphatic heterocycles. The van der Waals surface area contributed by atoms with Gasteiger partial charge in [0.15, 0.2) is 0 Å². The van der Waals surface area contributed by atoms with Crippen LogP contribution >= 0.6 is 23.5 Å². The van der Waals surface area contributed by atoms with Gasteiger partial charge in [-0.2, -0.15) is 0 Å². The third-order valence-electron chi connectivity index (χ3n) is 4.06. The van der Waals surface area contributed by atoms with Gasteiger partial charge in [-0.15, -0.1) is 11.8 Å². The van der Waals surface area contributed by atoms with Gasteiger partial charge >= 0.3 is 0 Å². The Kier molecular flexibility index (Phi) is 6.78. The Balaban J connectivity index is 2.18. The normalized spacial score (nSPS) is 53.1. The van der Waals surface area contributed by atoms with Crippen molar-refractivity contribution in [2.24, 2.45) is 0 Å². The molecule has 142 valence electrons. The fourth-order valence-corrected chi connectivity index (χ4v) is 5.14. The SMILES string of the molecule is OC[C@@H]1S[C@](O)(O[C@H]2S[C@@H](CO)[C@@H](O)[C@H](O)[C@H]2O)[C@H](O)[C@@H](O)[C@H]1O. The van der Waals surface area contributed by atoms with Crippen molar-refractivity contribution in [1.29, 1.82) is 0 Å². The summed E-state index contributed by atoms with van der Waals surface area (Å²) in [5, 5.41) is 83.5. The van der Waals surface area contributed by atoms with Crippen LogP contribution in [0, 0.1) is 0 Å². The summed E-state index contributed by atoms with van der Waals surface area (Å²) in [4.78, 5) is 0. The smallest absolute Gasteiger partial charge is 0.247 e. The highest BCUT2D eigenvalue weighted by Gasteiger charge is 2.56. The van der Waals surface area contributed by atoms with Crippen LogP contribution in [0.2, 0.25) is 0 Å². The predicted octanol–water partition coefficient (Wildman–Crippen LogP) is -4.64. The number of hydrogen-bond acceptors (Lipinski definition) is 12. The molecule has 0 unspecified atom stereocenters. The van der Waals surface area contributed by atoms with Gasteiger partial charge in [0.05, 0.1) is 35.9 Å². The molecule has 0 radical (unpaired) electrons. The average Bonchev–Trinajstić information content (AvgIpc) is 2.57. The fourth-order valence-electron chi connectivity index (χ4n) is 2.55. The minimum absolute atomic E-state index is 0.453. The summed E-state index contributed by atoms with van der Waals surface area (Å²) in [6.45, 7) is -1.16. The summed E-state index contributed by atoms with van der Waals surface area (Å²) in [5.74, 6) is 0. The Labute approximate surface area is 145 Å². The number of aliphatic hydroxyl groups excluding tert-OH is 8. The first-order valence-corrected chi connectivity index (χ1v) is 9.02. The lowest BCUT2D eigenvalue weighted by molar-refractivity contribution is -0.255. The van der Waals surface area contributed by atoms with Crippen molar-refractivity contribution < 1.29 is 50.7 Å². The third-order valence-corrected chi connectivity index (χ3v) is 6.89. The highest BCUT2D eigenvalue weighted by Crippen LogP contribution is 2.44. The van der Waals surface area contributed by atoms with Crippen molar-refractivity contribution in [2.75, 3.05) is 13.2 Å². The first kappa shape index (κ1) is 20.6. The van der Waals surface area contributed by atoms with Crippen molar-refractivity contribution in [1.82, 2.24) is 0 Å². The Morgan fingerprint density at radius 2 is 1.29 bits per heavy atom. The van der Waals surface area contributed by atoms with Crippen molar-refractivity contribution >= 4 is 23.5 Å². The average molecular weight is 390 g/mol. The molecule has 24 heavy (non-hydrogen) atoms. The third kappa shape index (κ3) is 3.70. The Morgan fingerprint density at radius 3 is 1.83 bits per heavy atom. The number of hydrogen-bond donors (Lipinski definition) is 9. The maximum absolute atomic E-state index is 10.5. The number of ether oxygens (including phenoxy) is 1. The van der Waals surface area contributed by atoms with Gasteiger partial charge in [-0.3, -0.25) is 0 Å².